The number of carbonyl (C=O) groups is 1. The Balaban J connectivity index is 1.57. The molecule has 1 saturated heterocycles. The number of halogens is 2. The van der Waals surface area contributed by atoms with E-state index >= 15 is 0 Å². The van der Waals surface area contributed by atoms with Crippen molar-refractivity contribution in [2.24, 2.45) is 0 Å². The molecule has 2 aromatic heterocycles. The van der Waals surface area contributed by atoms with Crippen LogP contribution in [-0.4, -0.2) is 49.5 Å². The lowest BCUT2D eigenvalue weighted by molar-refractivity contribution is 0.0501. The Hall–Kier alpha value is -3.34. The molecular weight excluding hydrogens is 464 g/mol. The molecule has 1 N–H and O–H groups in total. The minimum atomic E-state index is -0.713. The molecule has 4 heterocycles. The number of nitrogens with zero attached hydrogens (tertiary/aromatic N) is 5. The minimum Gasteiger partial charge on any atom is -0.502 e. The van der Waals surface area contributed by atoms with Gasteiger partial charge in [-0.05, 0) is 44.7 Å². The Morgan fingerprint density at radius 3 is 2.74 bits per heavy atom. The first kappa shape index (κ1) is 22.5. The molecule has 0 aliphatic carbocycles. The van der Waals surface area contributed by atoms with E-state index in [0.717, 1.165) is 36.7 Å². The number of piperidine rings is 1. The number of aromatic hydroxyl groups is 1. The summed E-state index contributed by atoms with van der Waals surface area (Å²) in [6.07, 6.45) is 4.13. The molecule has 2 aliphatic heterocycles. The summed E-state index contributed by atoms with van der Waals surface area (Å²) in [4.78, 5) is 27.9. The van der Waals surface area contributed by atoms with Crippen LogP contribution in [0, 0.1) is 11.6 Å². The molecule has 1 aromatic carbocycles. The van der Waals surface area contributed by atoms with E-state index in [-0.39, 0.29) is 46.4 Å². The molecule has 178 valence electrons. The summed E-state index contributed by atoms with van der Waals surface area (Å²) in [6, 6.07) is 3.40. The van der Waals surface area contributed by atoms with Crippen LogP contribution in [-0.2, 0) is 6.42 Å². The fourth-order valence-corrected chi connectivity index (χ4v) is 5.69. The fourth-order valence-electron chi connectivity index (χ4n) is 4.82. The number of carbonyl (C=O) groups excluding carboxylic acids is 1. The third-order valence-corrected chi connectivity index (χ3v) is 7.43. The highest BCUT2D eigenvalue weighted by atomic mass is 32.1. The fraction of sp³-hybridized carbons (Fsp3) is 0.391. The van der Waals surface area contributed by atoms with Crippen molar-refractivity contribution in [1.82, 2.24) is 19.8 Å². The SMILES string of the molecule is CCN1C(=O)c2c(O)c(=O)c(-c3nnc(Cc4ccc(F)cc4F)s3)cn2N2[C@H](C)CCC[C@@H]12. The van der Waals surface area contributed by atoms with Gasteiger partial charge in [-0.15, -0.1) is 10.2 Å². The molecular formula is C23H23F2N5O3S. The summed E-state index contributed by atoms with van der Waals surface area (Å²) < 4.78 is 28.8. The molecule has 5 rings (SSSR count). The van der Waals surface area contributed by atoms with Crippen molar-refractivity contribution in [2.75, 3.05) is 11.6 Å². The van der Waals surface area contributed by atoms with Gasteiger partial charge in [0.2, 0.25) is 5.43 Å². The van der Waals surface area contributed by atoms with Gasteiger partial charge in [0, 0.05) is 31.3 Å². The van der Waals surface area contributed by atoms with E-state index in [0.29, 0.717) is 11.6 Å². The Labute approximate surface area is 198 Å². The standard InChI is InChI=1S/C23H23F2N5O3S/c1-3-28-18-6-4-5-12(2)30(18)29-11-15(20(31)21(32)19(29)23(28)33)22-27-26-17(34-22)9-13-7-8-14(24)10-16(13)25/h7-8,10-12,18,32H,3-6,9H2,1-2H3/t12-,18+/m1/s1. The third kappa shape index (κ3) is 3.54. The first-order valence-electron chi connectivity index (χ1n) is 11.1. The molecule has 0 saturated carbocycles. The van der Waals surface area contributed by atoms with E-state index in [9.17, 15) is 23.5 Å². The largest absolute Gasteiger partial charge is 0.502 e. The summed E-state index contributed by atoms with van der Waals surface area (Å²) >= 11 is 1.08. The topological polar surface area (TPSA) is 91.6 Å². The Bertz CT molecular complexity index is 1340. The zero-order valence-corrected chi connectivity index (χ0v) is 19.5. The number of fused-ring (bicyclic) bond motifs is 3. The number of aromatic nitrogens is 3. The van der Waals surface area contributed by atoms with Crippen LogP contribution >= 0.6 is 11.3 Å². The monoisotopic (exact) mass is 487 g/mol. The van der Waals surface area contributed by atoms with Gasteiger partial charge in [-0.3, -0.25) is 19.3 Å². The van der Waals surface area contributed by atoms with Crippen LogP contribution in [0.15, 0.2) is 29.2 Å². The van der Waals surface area contributed by atoms with E-state index in [1.165, 1.54) is 12.1 Å². The number of hydrogen-bond donors (Lipinski definition) is 1. The number of pyridine rings is 1. The van der Waals surface area contributed by atoms with Gasteiger partial charge in [-0.25, -0.2) is 8.78 Å². The van der Waals surface area contributed by atoms with E-state index in [1.807, 2.05) is 11.9 Å². The van der Waals surface area contributed by atoms with Crippen LogP contribution in [0.2, 0.25) is 0 Å². The average Bonchev–Trinajstić information content (AvgIpc) is 3.26. The lowest BCUT2D eigenvalue weighted by atomic mass is 10.00. The predicted molar refractivity (Wildman–Crippen MR) is 122 cm³/mol. The number of hydrogen-bond acceptors (Lipinski definition) is 7. The van der Waals surface area contributed by atoms with Crippen LogP contribution in [0.5, 0.6) is 5.75 Å². The molecule has 8 nitrogen and oxygen atoms in total. The highest BCUT2D eigenvalue weighted by molar-refractivity contribution is 7.14. The van der Waals surface area contributed by atoms with E-state index in [4.69, 9.17) is 0 Å². The molecule has 0 bridgehead atoms. The summed E-state index contributed by atoms with van der Waals surface area (Å²) in [7, 11) is 0. The highest BCUT2D eigenvalue weighted by Gasteiger charge is 2.43. The van der Waals surface area contributed by atoms with Gasteiger partial charge in [0.05, 0.1) is 5.56 Å². The molecule has 0 spiro atoms. The summed E-state index contributed by atoms with van der Waals surface area (Å²) in [6.45, 7) is 4.39. The van der Waals surface area contributed by atoms with E-state index < -0.39 is 22.8 Å². The van der Waals surface area contributed by atoms with Gasteiger partial charge >= 0.3 is 0 Å². The minimum absolute atomic E-state index is 0.0567. The van der Waals surface area contributed by atoms with Gasteiger partial charge in [-0.1, -0.05) is 17.4 Å². The Morgan fingerprint density at radius 1 is 1.21 bits per heavy atom. The van der Waals surface area contributed by atoms with Crippen LogP contribution in [0.3, 0.4) is 0 Å². The second kappa shape index (κ2) is 8.46. The quantitative estimate of drug-likeness (QED) is 0.608. The van der Waals surface area contributed by atoms with Crippen molar-refractivity contribution >= 4 is 17.2 Å². The van der Waals surface area contributed by atoms with Crippen molar-refractivity contribution in [3.63, 3.8) is 0 Å². The maximum Gasteiger partial charge on any atom is 0.278 e. The molecule has 0 unspecified atom stereocenters. The molecule has 11 heteroatoms. The van der Waals surface area contributed by atoms with E-state index in [2.05, 4.69) is 17.1 Å². The van der Waals surface area contributed by atoms with Crippen LogP contribution in [0.25, 0.3) is 10.6 Å². The van der Waals surface area contributed by atoms with Gasteiger partial charge in [0.25, 0.3) is 5.91 Å². The van der Waals surface area contributed by atoms with Gasteiger partial charge in [0.1, 0.15) is 22.8 Å². The van der Waals surface area contributed by atoms with E-state index in [1.54, 1.807) is 15.8 Å². The zero-order chi connectivity index (χ0) is 24.1. The normalized spacial score (nSPS) is 19.8. The van der Waals surface area contributed by atoms with Crippen molar-refractivity contribution in [2.45, 2.75) is 51.7 Å². The number of rotatable bonds is 4. The second-order valence-electron chi connectivity index (χ2n) is 8.56. The molecule has 3 aromatic rings. The first-order valence-corrected chi connectivity index (χ1v) is 12.0. The first-order chi connectivity index (χ1) is 16.3. The summed E-state index contributed by atoms with van der Waals surface area (Å²) in [5.41, 5.74) is -0.406. The molecule has 2 atom stereocenters. The van der Waals surface area contributed by atoms with Gasteiger partial charge in [0.15, 0.2) is 16.5 Å². The maximum atomic E-state index is 14.1. The number of amides is 1. The van der Waals surface area contributed by atoms with Crippen LogP contribution in [0.4, 0.5) is 8.78 Å². The van der Waals surface area contributed by atoms with Crippen molar-refractivity contribution < 1.29 is 18.7 Å². The number of benzene rings is 1. The summed E-state index contributed by atoms with van der Waals surface area (Å²) in [5.74, 6) is -2.37. The molecule has 0 radical (unpaired) electrons. The van der Waals surface area contributed by atoms with Crippen molar-refractivity contribution in [3.8, 4) is 16.3 Å². The van der Waals surface area contributed by atoms with Gasteiger partial charge in [-0.2, -0.15) is 0 Å². The van der Waals surface area contributed by atoms with Crippen molar-refractivity contribution in [1.29, 1.82) is 0 Å². The maximum absolute atomic E-state index is 14.1. The van der Waals surface area contributed by atoms with Crippen LogP contribution < -0.4 is 10.4 Å². The molecule has 2 aliphatic rings. The Kier molecular flexibility index (Phi) is 5.59. The van der Waals surface area contributed by atoms with Gasteiger partial charge < -0.3 is 10.0 Å². The van der Waals surface area contributed by atoms with Crippen molar-refractivity contribution in [3.05, 3.63) is 62.5 Å². The second-order valence-corrected chi connectivity index (χ2v) is 9.62. The van der Waals surface area contributed by atoms with Crippen LogP contribution in [0.1, 0.15) is 54.2 Å². The average molecular weight is 488 g/mol. The molecule has 1 amide bonds. The predicted octanol–water partition coefficient (Wildman–Crippen LogP) is 3.25. The lowest BCUT2D eigenvalue weighted by Crippen LogP contribution is -2.65. The lowest BCUT2D eigenvalue weighted by Gasteiger charge is -2.51. The molecule has 34 heavy (non-hydrogen) atoms. The highest BCUT2D eigenvalue weighted by Crippen LogP contribution is 2.34. The molecule has 1 fully saturated rings. The third-order valence-electron chi connectivity index (χ3n) is 6.47. The summed E-state index contributed by atoms with van der Waals surface area (Å²) in [5, 5.41) is 21.7. The zero-order valence-electron chi connectivity index (χ0n) is 18.7. The smallest absolute Gasteiger partial charge is 0.278 e. The Morgan fingerprint density at radius 2 is 2.00 bits per heavy atom.